The first kappa shape index (κ1) is 23.9. The molecule has 1 N–H and O–H groups in total. The SMILES string of the molecule is CCc1ccc2nc(N3C(=O)C(=O)/C(=C(/O)c4ccccc4)[C@@H]3c3ccc(C(C)(C)C)cc3)sc2c1. The van der Waals surface area contributed by atoms with Crippen LogP contribution < -0.4 is 4.90 Å². The number of rotatable bonds is 4. The number of thiazole rings is 1. The van der Waals surface area contributed by atoms with Crippen LogP contribution in [0.5, 0.6) is 0 Å². The summed E-state index contributed by atoms with van der Waals surface area (Å²) in [6.07, 6.45) is 0.894. The van der Waals surface area contributed by atoms with E-state index in [0.29, 0.717) is 10.7 Å². The second-order valence-electron chi connectivity index (χ2n) is 10.1. The molecule has 3 aromatic carbocycles. The number of anilines is 1. The normalized spacial score (nSPS) is 17.8. The summed E-state index contributed by atoms with van der Waals surface area (Å²) >= 11 is 1.38. The van der Waals surface area contributed by atoms with E-state index < -0.39 is 17.7 Å². The molecule has 1 aliphatic rings. The maximum absolute atomic E-state index is 13.5. The maximum atomic E-state index is 13.5. The van der Waals surface area contributed by atoms with E-state index in [2.05, 4.69) is 33.8 Å². The molecule has 1 aromatic heterocycles. The lowest BCUT2D eigenvalue weighted by molar-refractivity contribution is -0.132. The van der Waals surface area contributed by atoms with Gasteiger partial charge in [0.1, 0.15) is 5.76 Å². The predicted octanol–water partition coefficient (Wildman–Crippen LogP) is 6.78. The van der Waals surface area contributed by atoms with Gasteiger partial charge in [0.25, 0.3) is 5.78 Å². The fraction of sp³-hybridized carbons (Fsp3) is 0.233. The molecule has 0 bridgehead atoms. The van der Waals surface area contributed by atoms with E-state index in [1.165, 1.54) is 21.8 Å². The van der Waals surface area contributed by atoms with Crippen LogP contribution in [0.2, 0.25) is 0 Å². The van der Waals surface area contributed by atoms with E-state index in [9.17, 15) is 14.7 Å². The van der Waals surface area contributed by atoms with Crippen LogP contribution in [-0.4, -0.2) is 21.8 Å². The summed E-state index contributed by atoms with van der Waals surface area (Å²) in [5.41, 5.74) is 4.35. The van der Waals surface area contributed by atoms with Crippen molar-refractivity contribution >= 4 is 44.1 Å². The topological polar surface area (TPSA) is 70.5 Å². The standard InChI is InChI=1S/C30H28N2O3S/c1-5-18-11-16-22-23(17-18)36-29(31-22)32-25(19-12-14-21(15-13-19)30(2,3)4)24(27(34)28(32)35)26(33)20-9-7-6-8-10-20/h6-17,25,33H,5H2,1-4H3/b26-24+/t25-/m0/s1. The first-order valence-electron chi connectivity index (χ1n) is 12.1. The zero-order chi connectivity index (χ0) is 25.6. The number of fused-ring (bicyclic) bond motifs is 1. The van der Waals surface area contributed by atoms with Crippen LogP contribution >= 0.6 is 11.3 Å². The number of aromatic nitrogens is 1. The number of nitrogens with zero attached hydrogens (tertiary/aromatic N) is 2. The zero-order valence-corrected chi connectivity index (χ0v) is 21.6. The quantitative estimate of drug-likeness (QED) is 0.192. The Hall–Kier alpha value is -3.77. The maximum Gasteiger partial charge on any atom is 0.301 e. The minimum absolute atomic E-state index is 0.0472. The minimum Gasteiger partial charge on any atom is -0.507 e. The molecule has 36 heavy (non-hydrogen) atoms. The lowest BCUT2D eigenvalue weighted by atomic mass is 9.85. The Bertz CT molecular complexity index is 1490. The molecular formula is C30H28N2O3S. The molecule has 5 nitrogen and oxygen atoms in total. The average Bonchev–Trinajstić information content (AvgIpc) is 3.41. The van der Waals surface area contributed by atoms with Gasteiger partial charge in [0, 0.05) is 5.56 Å². The third kappa shape index (κ3) is 4.11. The molecule has 182 valence electrons. The second-order valence-corrected chi connectivity index (χ2v) is 11.1. The summed E-state index contributed by atoms with van der Waals surface area (Å²) in [4.78, 5) is 33.0. The molecule has 1 aliphatic heterocycles. The van der Waals surface area contributed by atoms with Gasteiger partial charge >= 0.3 is 5.91 Å². The summed E-state index contributed by atoms with van der Waals surface area (Å²) in [6, 6.07) is 22.0. The molecular weight excluding hydrogens is 468 g/mol. The van der Waals surface area contributed by atoms with Crippen LogP contribution in [0.25, 0.3) is 16.0 Å². The van der Waals surface area contributed by atoms with E-state index >= 15 is 0 Å². The van der Waals surface area contributed by atoms with Crippen molar-refractivity contribution in [1.29, 1.82) is 0 Å². The first-order chi connectivity index (χ1) is 17.2. The molecule has 1 amide bonds. The number of Topliss-reactive ketones (excluding diaryl/α,β-unsaturated/α-hetero) is 1. The van der Waals surface area contributed by atoms with Crippen molar-refractivity contribution in [3.8, 4) is 0 Å². The van der Waals surface area contributed by atoms with Gasteiger partial charge in [0.05, 0.1) is 21.8 Å². The average molecular weight is 497 g/mol. The Morgan fingerprint density at radius 3 is 2.33 bits per heavy atom. The van der Waals surface area contributed by atoms with Crippen LogP contribution in [0, 0.1) is 0 Å². The van der Waals surface area contributed by atoms with Gasteiger partial charge in [-0.3, -0.25) is 14.5 Å². The monoisotopic (exact) mass is 496 g/mol. The molecule has 1 atom stereocenters. The van der Waals surface area contributed by atoms with Crippen molar-refractivity contribution in [3.63, 3.8) is 0 Å². The molecule has 0 saturated carbocycles. The highest BCUT2D eigenvalue weighted by atomic mass is 32.1. The van der Waals surface area contributed by atoms with E-state index in [-0.39, 0.29) is 16.7 Å². The lowest BCUT2D eigenvalue weighted by Gasteiger charge is -2.24. The lowest BCUT2D eigenvalue weighted by Crippen LogP contribution is -2.29. The molecule has 1 saturated heterocycles. The second kappa shape index (κ2) is 9.03. The molecule has 2 heterocycles. The number of aliphatic hydroxyl groups is 1. The largest absolute Gasteiger partial charge is 0.507 e. The van der Waals surface area contributed by atoms with E-state index in [0.717, 1.165) is 27.8 Å². The molecule has 0 spiro atoms. The number of aryl methyl sites for hydroxylation is 1. The van der Waals surface area contributed by atoms with Crippen molar-refractivity contribution < 1.29 is 14.7 Å². The van der Waals surface area contributed by atoms with Crippen molar-refractivity contribution in [3.05, 3.63) is 101 Å². The Morgan fingerprint density at radius 2 is 1.69 bits per heavy atom. The van der Waals surface area contributed by atoms with Gasteiger partial charge in [0.15, 0.2) is 5.13 Å². The number of carbonyl (C=O) groups excluding carboxylic acids is 2. The molecule has 5 rings (SSSR count). The van der Waals surface area contributed by atoms with Gasteiger partial charge in [-0.1, -0.05) is 99.7 Å². The Kier molecular flexibility index (Phi) is 6.00. The summed E-state index contributed by atoms with van der Waals surface area (Å²) < 4.78 is 0.955. The van der Waals surface area contributed by atoms with E-state index in [4.69, 9.17) is 4.98 Å². The highest BCUT2D eigenvalue weighted by molar-refractivity contribution is 7.22. The highest BCUT2D eigenvalue weighted by Gasteiger charge is 2.48. The van der Waals surface area contributed by atoms with Gasteiger partial charge in [-0.15, -0.1) is 0 Å². The number of hydrogen-bond donors (Lipinski definition) is 1. The third-order valence-electron chi connectivity index (χ3n) is 6.64. The van der Waals surface area contributed by atoms with Gasteiger partial charge in [-0.2, -0.15) is 0 Å². The molecule has 0 aliphatic carbocycles. The summed E-state index contributed by atoms with van der Waals surface area (Å²) in [7, 11) is 0. The molecule has 4 aromatic rings. The summed E-state index contributed by atoms with van der Waals surface area (Å²) in [5, 5.41) is 11.7. The van der Waals surface area contributed by atoms with Gasteiger partial charge < -0.3 is 5.11 Å². The highest BCUT2D eigenvalue weighted by Crippen LogP contribution is 2.44. The van der Waals surface area contributed by atoms with Crippen LogP contribution in [0.1, 0.15) is 56.0 Å². The van der Waals surface area contributed by atoms with Crippen LogP contribution in [0.3, 0.4) is 0 Å². The number of amides is 1. The van der Waals surface area contributed by atoms with Crippen molar-refractivity contribution in [1.82, 2.24) is 4.98 Å². The van der Waals surface area contributed by atoms with Gasteiger partial charge in [-0.25, -0.2) is 4.98 Å². The van der Waals surface area contributed by atoms with E-state index in [1.807, 2.05) is 42.5 Å². The minimum atomic E-state index is -0.787. The Balaban J connectivity index is 1.70. The molecule has 6 heteroatoms. The number of carbonyl (C=O) groups is 2. The molecule has 1 fully saturated rings. The molecule has 0 radical (unpaired) electrons. The van der Waals surface area contributed by atoms with Crippen molar-refractivity contribution in [2.24, 2.45) is 0 Å². The van der Waals surface area contributed by atoms with E-state index in [1.54, 1.807) is 24.3 Å². The molecule has 0 unspecified atom stereocenters. The Morgan fingerprint density at radius 1 is 1.00 bits per heavy atom. The zero-order valence-electron chi connectivity index (χ0n) is 20.8. The van der Waals surface area contributed by atoms with Crippen LogP contribution in [0.15, 0.2) is 78.4 Å². The number of aliphatic hydroxyl groups excluding tert-OH is 1. The van der Waals surface area contributed by atoms with Gasteiger partial charge in [-0.05, 0) is 40.7 Å². The van der Waals surface area contributed by atoms with Crippen LogP contribution in [0.4, 0.5) is 5.13 Å². The first-order valence-corrected chi connectivity index (χ1v) is 12.9. The van der Waals surface area contributed by atoms with Gasteiger partial charge in [0.2, 0.25) is 0 Å². The van der Waals surface area contributed by atoms with Crippen molar-refractivity contribution in [2.45, 2.75) is 45.6 Å². The fourth-order valence-corrected chi connectivity index (χ4v) is 5.60. The fourth-order valence-electron chi connectivity index (χ4n) is 4.54. The number of ketones is 1. The van der Waals surface area contributed by atoms with Crippen molar-refractivity contribution in [2.75, 3.05) is 4.90 Å². The Labute approximate surface area is 214 Å². The number of benzene rings is 3. The summed E-state index contributed by atoms with van der Waals surface area (Å²) in [6.45, 7) is 8.49. The number of hydrogen-bond acceptors (Lipinski definition) is 5. The predicted molar refractivity (Wildman–Crippen MR) is 145 cm³/mol. The smallest absolute Gasteiger partial charge is 0.301 e. The van der Waals surface area contributed by atoms with Crippen LogP contribution in [-0.2, 0) is 21.4 Å². The summed E-state index contributed by atoms with van der Waals surface area (Å²) in [5.74, 6) is -1.59. The third-order valence-corrected chi connectivity index (χ3v) is 7.66.